The van der Waals surface area contributed by atoms with Crippen LogP contribution in [0.1, 0.15) is 12.8 Å². The average molecular weight is 164 g/mol. The van der Waals surface area contributed by atoms with Gasteiger partial charge in [-0.2, -0.15) is 0 Å². The highest BCUT2D eigenvalue weighted by Crippen LogP contribution is 2.25. The minimum Gasteiger partial charge on any atom is -0.377 e. The molecule has 2 atom stereocenters. The van der Waals surface area contributed by atoms with Crippen LogP contribution in [-0.2, 0) is 4.74 Å². The van der Waals surface area contributed by atoms with Crippen LogP contribution in [0.4, 0.5) is 0 Å². The highest BCUT2D eigenvalue weighted by molar-refractivity contribution is 5.85. The maximum Gasteiger partial charge on any atom is 0.0728 e. The average Bonchev–Trinajstić information content (AvgIpc) is 2.33. The third-order valence-electron chi connectivity index (χ3n) is 2.38. The quantitative estimate of drug-likeness (QED) is 0.571. The summed E-state index contributed by atoms with van der Waals surface area (Å²) in [6.07, 6.45) is 3.18. The molecule has 0 unspecified atom stereocenters. The van der Waals surface area contributed by atoms with Crippen molar-refractivity contribution in [1.29, 1.82) is 0 Å². The molecular formula is C7H14ClNO. The Hall–Kier alpha value is 0.210. The number of halogens is 1. The monoisotopic (exact) mass is 163 g/mol. The van der Waals surface area contributed by atoms with Gasteiger partial charge in [-0.15, -0.1) is 12.4 Å². The standard InChI is InChI=1S/C7H13NO.ClH/c1-3-8-5-7-6(1)2-4-9-7;/h6-8H,1-5H2;1H/t6-,7+;/m0./s1. The van der Waals surface area contributed by atoms with Crippen molar-refractivity contribution in [3.63, 3.8) is 0 Å². The molecule has 2 rings (SSSR count). The smallest absolute Gasteiger partial charge is 0.0728 e. The number of nitrogens with one attached hydrogen (secondary N) is 1. The van der Waals surface area contributed by atoms with E-state index in [1.54, 1.807) is 0 Å². The molecular weight excluding hydrogens is 150 g/mol. The number of rotatable bonds is 0. The fourth-order valence-corrected chi connectivity index (χ4v) is 1.78. The van der Waals surface area contributed by atoms with Crippen LogP contribution >= 0.6 is 12.4 Å². The lowest BCUT2D eigenvalue weighted by molar-refractivity contribution is 0.0763. The first-order chi connectivity index (χ1) is 4.47. The largest absolute Gasteiger partial charge is 0.377 e. The van der Waals surface area contributed by atoms with Gasteiger partial charge in [0.1, 0.15) is 0 Å². The van der Waals surface area contributed by atoms with Gasteiger partial charge in [-0.25, -0.2) is 0 Å². The molecule has 0 spiro atoms. The summed E-state index contributed by atoms with van der Waals surface area (Å²) in [4.78, 5) is 0. The Balaban J connectivity index is 0.000000500. The summed E-state index contributed by atoms with van der Waals surface area (Å²) in [5, 5.41) is 3.33. The summed E-state index contributed by atoms with van der Waals surface area (Å²) in [5.74, 6) is 0.881. The van der Waals surface area contributed by atoms with Crippen LogP contribution in [-0.4, -0.2) is 25.8 Å². The van der Waals surface area contributed by atoms with E-state index in [1.165, 1.54) is 19.4 Å². The van der Waals surface area contributed by atoms with Crippen molar-refractivity contribution >= 4 is 12.4 Å². The Morgan fingerprint density at radius 3 is 3.00 bits per heavy atom. The van der Waals surface area contributed by atoms with Crippen LogP contribution in [0.15, 0.2) is 0 Å². The molecule has 0 bridgehead atoms. The molecule has 0 aromatic carbocycles. The zero-order valence-corrected chi connectivity index (χ0v) is 6.82. The van der Waals surface area contributed by atoms with Gasteiger partial charge in [-0.05, 0) is 25.3 Å². The van der Waals surface area contributed by atoms with Crippen molar-refractivity contribution in [2.75, 3.05) is 19.7 Å². The van der Waals surface area contributed by atoms with Crippen LogP contribution in [0, 0.1) is 5.92 Å². The van der Waals surface area contributed by atoms with Crippen LogP contribution in [0.3, 0.4) is 0 Å². The molecule has 2 aliphatic heterocycles. The van der Waals surface area contributed by atoms with Crippen LogP contribution in [0.5, 0.6) is 0 Å². The lowest BCUT2D eigenvalue weighted by Crippen LogP contribution is -2.38. The van der Waals surface area contributed by atoms with Crippen molar-refractivity contribution in [1.82, 2.24) is 5.32 Å². The number of ether oxygens (including phenoxy) is 1. The summed E-state index contributed by atoms with van der Waals surface area (Å²) in [5.41, 5.74) is 0. The molecule has 1 N–H and O–H groups in total. The number of piperidine rings is 1. The zero-order valence-electron chi connectivity index (χ0n) is 6.01. The molecule has 60 valence electrons. The molecule has 0 radical (unpaired) electrons. The van der Waals surface area contributed by atoms with Gasteiger partial charge in [0.15, 0.2) is 0 Å². The molecule has 2 heterocycles. The zero-order chi connectivity index (χ0) is 6.10. The van der Waals surface area contributed by atoms with Gasteiger partial charge in [0, 0.05) is 13.2 Å². The van der Waals surface area contributed by atoms with Gasteiger partial charge < -0.3 is 10.1 Å². The predicted molar refractivity (Wildman–Crippen MR) is 42.6 cm³/mol. The summed E-state index contributed by atoms with van der Waals surface area (Å²) < 4.78 is 5.49. The summed E-state index contributed by atoms with van der Waals surface area (Å²) in [6.45, 7) is 3.28. The lowest BCUT2D eigenvalue weighted by Gasteiger charge is -2.24. The maximum absolute atomic E-state index is 5.49. The lowest BCUT2D eigenvalue weighted by atomic mass is 9.95. The molecule has 2 nitrogen and oxygen atoms in total. The molecule has 2 saturated heterocycles. The van der Waals surface area contributed by atoms with Gasteiger partial charge in [-0.1, -0.05) is 0 Å². The first kappa shape index (κ1) is 8.31. The van der Waals surface area contributed by atoms with E-state index in [1.807, 2.05) is 0 Å². The highest BCUT2D eigenvalue weighted by Gasteiger charge is 2.29. The fourth-order valence-electron chi connectivity index (χ4n) is 1.78. The first-order valence-corrected chi connectivity index (χ1v) is 3.79. The summed E-state index contributed by atoms with van der Waals surface area (Å²) in [6, 6.07) is 0. The van der Waals surface area contributed by atoms with Crippen molar-refractivity contribution < 1.29 is 4.74 Å². The van der Waals surface area contributed by atoms with E-state index in [-0.39, 0.29) is 12.4 Å². The fraction of sp³-hybridized carbons (Fsp3) is 1.00. The summed E-state index contributed by atoms with van der Waals surface area (Å²) in [7, 11) is 0. The predicted octanol–water partition coefficient (Wildman–Crippen LogP) is 0.807. The molecule has 10 heavy (non-hydrogen) atoms. The van der Waals surface area contributed by atoms with E-state index < -0.39 is 0 Å². The third kappa shape index (κ3) is 1.44. The van der Waals surface area contributed by atoms with Crippen LogP contribution in [0.2, 0.25) is 0 Å². The molecule has 3 heteroatoms. The van der Waals surface area contributed by atoms with Crippen molar-refractivity contribution in [3.8, 4) is 0 Å². The van der Waals surface area contributed by atoms with Crippen LogP contribution < -0.4 is 5.32 Å². The van der Waals surface area contributed by atoms with Crippen LogP contribution in [0.25, 0.3) is 0 Å². The van der Waals surface area contributed by atoms with Gasteiger partial charge in [-0.3, -0.25) is 0 Å². The Labute approximate surface area is 67.7 Å². The van der Waals surface area contributed by atoms with E-state index in [4.69, 9.17) is 4.74 Å². The first-order valence-electron chi connectivity index (χ1n) is 3.79. The second-order valence-electron chi connectivity index (χ2n) is 2.95. The van der Waals surface area contributed by atoms with Gasteiger partial charge in [0.2, 0.25) is 0 Å². The second-order valence-corrected chi connectivity index (χ2v) is 2.95. The van der Waals surface area contributed by atoms with Gasteiger partial charge >= 0.3 is 0 Å². The van der Waals surface area contributed by atoms with E-state index in [2.05, 4.69) is 5.32 Å². The molecule has 0 aromatic heterocycles. The number of hydrogen-bond donors (Lipinski definition) is 1. The number of fused-ring (bicyclic) bond motifs is 1. The number of hydrogen-bond acceptors (Lipinski definition) is 2. The topological polar surface area (TPSA) is 21.3 Å². The van der Waals surface area contributed by atoms with Gasteiger partial charge in [0.05, 0.1) is 6.10 Å². The molecule has 0 amide bonds. The minimum atomic E-state index is 0. The Bertz CT molecular complexity index is 97.8. The molecule has 0 aromatic rings. The third-order valence-corrected chi connectivity index (χ3v) is 2.38. The van der Waals surface area contributed by atoms with Crippen molar-refractivity contribution in [3.05, 3.63) is 0 Å². The second kappa shape index (κ2) is 3.56. The highest BCUT2D eigenvalue weighted by atomic mass is 35.5. The molecule has 0 saturated carbocycles. The molecule has 0 aliphatic carbocycles. The Morgan fingerprint density at radius 2 is 2.20 bits per heavy atom. The van der Waals surface area contributed by atoms with E-state index >= 15 is 0 Å². The van der Waals surface area contributed by atoms with E-state index in [0.29, 0.717) is 6.10 Å². The van der Waals surface area contributed by atoms with E-state index in [9.17, 15) is 0 Å². The van der Waals surface area contributed by atoms with Gasteiger partial charge in [0.25, 0.3) is 0 Å². The van der Waals surface area contributed by atoms with Crippen molar-refractivity contribution in [2.45, 2.75) is 18.9 Å². The minimum absolute atomic E-state index is 0. The summed E-state index contributed by atoms with van der Waals surface area (Å²) >= 11 is 0. The SMILES string of the molecule is C1C[C@H]2CCO[C@@H]2CN1.Cl. The Kier molecular flexibility index (Phi) is 2.96. The normalized spacial score (nSPS) is 38.4. The molecule has 2 aliphatic rings. The van der Waals surface area contributed by atoms with E-state index in [0.717, 1.165) is 19.1 Å². The van der Waals surface area contributed by atoms with Crippen molar-refractivity contribution in [2.24, 2.45) is 5.92 Å². The maximum atomic E-state index is 5.49. The molecule has 2 fully saturated rings. The Morgan fingerprint density at radius 1 is 1.30 bits per heavy atom.